The van der Waals surface area contributed by atoms with Crippen molar-refractivity contribution in [2.45, 2.75) is 39.0 Å². The Bertz CT molecular complexity index is 463. The lowest BCUT2D eigenvalue weighted by Gasteiger charge is -2.28. The van der Waals surface area contributed by atoms with Gasteiger partial charge in [-0.05, 0) is 38.5 Å². The molecular formula is C14H19F2NO3. The molecule has 1 rings (SSSR count). The molecule has 0 aliphatic carbocycles. The first-order valence-electron chi connectivity index (χ1n) is 6.17. The molecule has 1 N–H and O–H groups in total. The van der Waals surface area contributed by atoms with Crippen LogP contribution in [0.25, 0.3) is 0 Å². The average Bonchev–Trinajstić information content (AvgIpc) is 2.36. The lowest BCUT2D eigenvalue weighted by Crippen LogP contribution is -2.48. The zero-order valence-corrected chi connectivity index (χ0v) is 11.9. The predicted octanol–water partition coefficient (Wildman–Crippen LogP) is 2.89. The van der Waals surface area contributed by atoms with Gasteiger partial charge in [-0.25, -0.2) is 0 Å². The smallest absolute Gasteiger partial charge is 0.387 e. The van der Waals surface area contributed by atoms with Gasteiger partial charge in [-0.15, -0.1) is 0 Å². The van der Waals surface area contributed by atoms with E-state index in [9.17, 15) is 13.6 Å². The second kappa shape index (κ2) is 6.65. The largest absolute Gasteiger partial charge is 0.468 e. The number of hydrogen-bond donors (Lipinski definition) is 1. The van der Waals surface area contributed by atoms with Crippen molar-refractivity contribution >= 4 is 5.97 Å². The topological polar surface area (TPSA) is 47.6 Å². The molecule has 0 saturated heterocycles. The van der Waals surface area contributed by atoms with Crippen LogP contribution >= 0.6 is 0 Å². The van der Waals surface area contributed by atoms with Crippen LogP contribution in [0.15, 0.2) is 24.3 Å². The molecule has 20 heavy (non-hydrogen) atoms. The van der Waals surface area contributed by atoms with Gasteiger partial charge in [0.25, 0.3) is 0 Å². The summed E-state index contributed by atoms with van der Waals surface area (Å²) < 4.78 is 33.4. The Hall–Kier alpha value is -1.69. The minimum absolute atomic E-state index is 0.0852. The third kappa shape index (κ3) is 4.45. The molecule has 0 heterocycles. The van der Waals surface area contributed by atoms with Crippen molar-refractivity contribution in [3.8, 4) is 5.75 Å². The molecule has 0 aromatic heterocycles. The Kier molecular flexibility index (Phi) is 5.44. The first-order valence-corrected chi connectivity index (χ1v) is 6.17. The quantitative estimate of drug-likeness (QED) is 0.817. The Labute approximate surface area is 117 Å². The van der Waals surface area contributed by atoms with Gasteiger partial charge in [0.1, 0.15) is 11.3 Å². The van der Waals surface area contributed by atoms with E-state index < -0.39 is 18.1 Å². The van der Waals surface area contributed by atoms with E-state index in [0.717, 1.165) is 5.56 Å². The summed E-state index contributed by atoms with van der Waals surface area (Å²) in [5, 5.41) is 3.09. The highest BCUT2D eigenvalue weighted by atomic mass is 19.3. The number of alkyl halides is 2. The van der Waals surface area contributed by atoms with Crippen molar-refractivity contribution in [3.05, 3.63) is 29.8 Å². The molecule has 0 saturated carbocycles. The summed E-state index contributed by atoms with van der Waals surface area (Å²) in [6, 6.07) is 6.12. The normalized spacial score (nSPS) is 13.2. The highest BCUT2D eigenvalue weighted by Crippen LogP contribution is 2.22. The second-order valence-electron chi connectivity index (χ2n) is 4.93. The van der Waals surface area contributed by atoms with Gasteiger partial charge in [0.05, 0.1) is 7.11 Å². The monoisotopic (exact) mass is 287 g/mol. The van der Waals surface area contributed by atoms with E-state index in [0.29, 0.717) is 0 Å². The first-order chi connectivity index (χ1) is 9.26. The van der Waals surface area contributed by atoms with Gasteiger partial charge in [-0.2, -0.15) is 8.78 Å². The van der Waals surface area contributed by atoms with Crippen LogP contribution in [0, 0.1) is 0 Å². The minimum Gasteiger partial charge on any atom is -0.468 e. The number of methoxy groups -OCH3 is 1. The molecule has 1 aromatic rings. The van der Waals surface area contributed by atoms with Gasteiger partial charge in [0, 0.05) is 6.04 Å². The van der Waals surface area contributed by atoms with Gasteiger partial charge >= 0.3 is 12.6 Å². The Morgan fingerprint density at radius 2 is 2.00 bits per heavy atom. The fourth-order valence-electron chi connectivity index (χ4n) is 1.90. The van der Waals surface area contributed by atoms with Crippen molar-refractivity contribution in [1.29, 1.82) is 0 Å². The lowest BCUT2D eigenvalue weighted by molar-refractivity contribution is -0.147. The highest BCUT2D eigenvalue weighted by molar-refractivity contribution is 5.79. The summed E-state index contributed by atoms with van der Waals surface area (Å²) in [4.78, 5) is 11.6. The van der Waals surface area contributed by atoms with Gasteiger partial charge in [0.2, 0.25) is 0 Å². The van der Waals surface area contributed by atoms with Crippen molar-refractivity contribution in [2.75, 3.05) is 7.11 Å². The van der Waals surface area contributed by atoms with Crippen molar-refractivity contribution in [3.63, 3.8) is 0 Å². The molecule has 0 fully saturated rings. The Balaban J connectivity index is 2.82. The molecule has 112 valence electrons. The van der Waals surface area contributed by atoms with E-state index in [4.69, 9.17) is 4.74 Å². The first kappa shape index (κ1) is 16.4. The summed E-state index contributed by atoms with van der Waals surface area (Å²) in [5.41, 5.74) is -0.145. The molecule has 0 aliphatic heterocycles. The summed E-state index contributed by atoms with van der Waals surface area (Å²) in [6.45, 7) is 2.34. The van der Waals surface area contributed by atoms with Crippen LogP contribution < -0.4 is 10.1 Å². The van der Waals surface area contributed by atoms with E-state index in [-0.39, 0.29) is 11.8 Å². The number of benzene rings is 1. The summed E-state index contributed by atoms with van der Waals surface area (Å²) in [6.07, 6.45) is 0. The van der Waals surface area contributed by atoms with Crippen molar-refractivity contribution < 1.29 is 23.0 Å². The maximum Gasteiger partial charge on any atom is 0.387 e. The number of ether oxygens (including phenoxy) is 2. The third-order valence-electron chi connectivity index (χ3n) is 2.86. The van der Waals surface area contributed by atoms with Gasteiger partial charge in [-0.1, -0.05) is 12.1 Å². The summed E-state index contributed by atoms with van der Waals surface area (Å²) >= 11 is 0. The van der Waals surface area contributed by atoms with Crippen LogP contribution in [-0.4, -0.2) is 25.2 Å². The predicted molar refractivity (Wildman–Crippen MR) is 70.7 cm³/mol. The van der Waals surface area contributed by atoms with E-state index >= 15 is 0 Å². The number of carbonyl (C=O) groups is 1. The number of halogens is 2. The second-order valence-corrected chi connectivity index (χ2v) is 4.93. The maximum atomic E-state index is 12.2. The van der Waals surface area contributed by atoms with Gasteiger partial charge in [0.15, 0.2) is 0 Å². The van der Waals surface area contributed by atoms with Crippen LogP contribution in [0.4, 0.5) is 8.78 Å². The molecule has 0 bridgehead atoms. The maximum absolute atomic E-state index is 12.2. The van der Waals surface area contributed by atoms with E-state index in [1.807, 2.05) is 6.92 Å². The van der Waals surface area contributed by atoms with Crippen LogP contribution in [0.3, 0.4) is 0 Å². The number of carbonyl (C=O) groups excluding carboxylic acids is 1. The van der Waals surface area contributed by atoms with Crippen LogP contribution in [0.5, 0.6) is 5.75 Å². The van der Waals surface area contributed by atoms with Crippen molar-refractivity contribution in [2.24, 2.45) is 0 Å². The zero-order valence-electron chi connectivity index (χ0n) is 11.9. The zero-order chi connectivity index (χ0) is 15.3. The fourth-order valence-corrected chi connectivity index (χ4v) is 1.90. The third-order valence-corrected chi connectivity index (χ3v) is 2.86. The van der Waals surface area contributed by atoms with E-state index in [1.54, 1.807) is 26.0 Å². The van der Waals surface area contributed by atoms with Crippen LogP contribution in [0.2, 0.25) is 0 Å². The number of rotatable bonds is 6. The molecule has 1 aromatic carbocycles. The van der Waals surface area contributed by atoms with E-state index in [1.165, 1.54) is 19.2 Å². The molecular weight excluding hydrogens is 268 g/mol. The SMILES string of the molecule is COC(=O)C(C)(C)NC(C)c1cccc(OC(F)F)c1. The fraction of sp³-hybridized carbons (Fsp3) is 0.500. The van der Waals surface area contributed by atoms with Crippen molar-refractivity contribution in [1.82, 2.24) is 5.32 Å². The van der Waals surface area contributed by atoms with Gasteiger partial charge in [-0.3, -0.25) is 10.1 Å². The highest BCUT2D eigenvalue weighted by Gasteiger charge is 2.30. The molecule has 0 amide bonds. The van der Waals surface area contributed by atoms with E-state index in [2.05, 4.69) is 10.1 Å². The summed E-state index contributed by atoms with van der Waals surface area (Å²) in [5.74, 6) is -0.314. The Morgan fingerprint density at radius 3 is 2.55 bits per heavy atom. The number of esters is 1. The Morgan fingerprint density at radius 1 is 1.35 bits per heavy atom. The van der Waals surface area contributed by atoms with Crippen LogP contribution in [-0.2, 0) is 9.53 Å². The van der Waals surface area contributed by atoms with Gasteiger partial charge < -0.3 is 9.47 Å². The average molecular weight is 287 g/mol. The molecule has 0 aliphatic rings. The van der Waals surface area contributed by atoms with Crippen LogP contribution in [0.1, 0.15) is 32.4 Å². The lowest BCUT2D eigenvalue weighted by atomic mass is 10.0. The molecule has 4 nitrogen and oxygen atoms in total. The molecule has 0 radical (unpaired) electrons. The molecule has 1 unspecified atom stereocenters. The molecule has 1 atom stereocenters. The molecule has 0 spiro atoms. The standard InChI is InChI=1S/C14H19F2NO3/c1-9(17-14(2,3)12(18)19-4)10-6-5-7-11(8-10)20-13(15)16/h5-9,13,17H,1-4H3. The minimum atomic E-state index is -2.86. The number of hydrogen-bond acceptors (Lipinski definition) is 4. The molecule has 6 heteroatoms. The summed E-state index contributed by atoms with van der Waals surface area (Å²) in [7, 11) is 1.31. The number of nitrogens with one attached hydrogen (secondary N) is 1.